The number of hydrogen-bond donors (Lipinski definition) is 3. The first-order chi connectivity index (χ1) is 6.79. The molecule has 0 saturated carbocycles. The van der Waals surface area contributed by atoms with E-state index in [1.54, 1.807) is 0 Å². The summed E-state index contributed by atoms with van der Waals surface area (Å²) in [5.74, 6) is 0. The van der Waals surface area contributed by atoms with E-state index < -0.39 is 10.4 Å². The van der Waals surface area contributed by atoms with Crippen LogP contribution in [0.4, 0.5) is 0 Å². The Morgan fingerprint density at radius 1 is 1.25 bits per heavy atom. The van der Waals surface area contributed by atoms with Crippen LogP contribution < -0.4 is 5.73 Å². The van der Waals surface area contributed by atoms with Crippen molar-refractivity contribution < 1.29 is 34.0 Å². The third-order valence-electron chi connectivity index (χ3n) is 1.40. The molecule has 16 heavy (non-hydrogen) atoms. The van der Waals surface area contributed by atoms with Crippen LogP contribution in [0.2, 0.25) is 0 Å². The molecule has 7 heteroatoms. The fraction of sp³-hybridized carbons (Fsp3) is 0.333. The molecule has 0 aliphatic heterocycles. The number of hydrogen-bond acceptors (Lipinski definition) is 3. The summed E-state index contributed by atoms with van der Waals surface area (Å²) in [6.07, 6.45) is 0.973. The van der Waals surface area contributed by atoms with Crippen molar-refractivity contribution in [3.05, 3.63) is 35.9 Å². The Bertz CT molecular complexity index is 358. The predicted molar refractivity (Wildman–Crippen MR) is 58.0 cm³/mol. The molecular weight excluding hydrogens is 277 g/mol. The van der Waals surface area contributed by atoms with Crippen LogP contribution in [0, 0.1) is 0 Å². The first-order valence-corrected chi connectivity index (χ1v) is 5.68. The molecule has 0 radical (unpaired) electrons. The van der Waals surface area contributed by atoms with Gasteiger partial charge in [-0.05, 0) is 18.9 Å². The maximum atomic E-state index is 8.74. The van der Waals surface area contributed by atoms with E-state index in [2.05, 4.69) is 12.1 Å². The van der Waals surface area contributed by atoms with Gasteiger partial charge in [-0.3, -0.25) is 9.11 Å². The Kier molecular flexibility index (Phi) is 9.71. The van der Waals surface area contributed by atoms with E-state index >= 15 is 0 Å². The zero-order chi connectivity index (χ0) is 11.9. The van der Waals surface area contributed by atoms with Gasteiger partial charge in [-0.2, -0.15) is 8.42 Å². The van der Waals surface area contributed by atoms with Crippen molar-refractivity contribution in [1.82, 2.24) is 0 Å². The van der Waals surface area contributed by atoms with Crippen molar-refractivity contribution in [3.8, 4) is 0 Å². The molecule has 5 nitrogen and oxygen atoms in total. The van der Waals surface area contributed by atoms with Crippen molar-refractivity contribution in [1.29, 1.82) is 0 Å². The average molecular weight is 292 g/mol. The molecule has 0 saturated heterocycles. The summed E-state index contributed by atoms with van der Waals surface area (Å²) < 4.78 is 31.6. The van der Waals surface area contributed by atoms with Gasteiger partial charge < -0.3 is 5.73 Å². The van der Waals surface area contributed by atoms with Gasteiger partial charge in [-0.1, -0.05) is 30.3 Å². The summed E-state index contributed by atoms with van der Waals surface area (Å²) >= 11 is 0. The molecule has 96 valence electrons. The zero-order valence-electron chi connectivity index (χ0n) is 8.68. The van der Waals surface area contributed by atoms with Crippen LogP contribution in [0.15, 0.2) is 30.3 Å². The third-order valence-corrected chi connectivity index (χ3v) is 1.40. The third kappa shape index (κ3) is 16.0. The maximum absolute atomic E-state index is 8.74. The molecule has 1 rings (SSSR count). The molecule has 0 unspecified atom stereocenters. The molecule has 0 aliphatic rings. The summed E-state index contributed by atoms with van der Waals surface area (Å²) in [7, 11) is -4.67. The van der Waals surface area contributed by atoms with Gasteiger partial charge in [-0.25, -0.2) is 0 Å². The second-order valence-corrected chi connectivity index (χ2v) is 4.01. The standard InChI is InChI=1S/C9H13N.Ni.H2O4S/c1-8(10)7-9-5-3-2-4-6-9;;1-5(2,3)4/h2-6,8H,7,10H2,1H3;;(H2,1,2,3,4)/t8-;;/m0../s1. The molecule has 0 aliphatic carbocycles. The van der Waals surface area contributed by atoms with Crippen LogP contribution in [-0.4, -0.2) is 23.6 Å². The Morgan fingerprint density at radius 2 is 1.62 bits per heavy atom. The second-order valence-electron chi connectivity index (χ2n) is 3.11. The Morgan fingerprint density at radius 3 is 1.94 bits per heavy atom. The molecule has 1 aromatic carbocycles. The molecule has 1 aromatic rings. The summed E-state index contributed by atoms with van der Waals surface area (Å²) in [6.45, 7) is 2.02. The molecule has 0 heterocycles. The molecule has 0 spiro atoms. The van der Waals surface area contributed by atoms with Crippen LogP contribution in [0.3, 0.4) is 0 Å². The summed E-state index contributed by atoms with van der Waals surface area (Å²) in [4.78, 5) is 0. The quantitative estimate of drug-likeness (QED) is 0.556. The molecule has 0 bridgehead atoms. The van der Waals surface area contributed by atoms with Gasteiger partial charge >= 0.3 is 10.4 Å². The van der Waals surface area contributed by atoms with E-state index in [4.69, 9.17) is 23.3 Å². The summed E-state index contributed by atoms with van der Waals surface area (Å²) in [6, 6.07) is 10.6. The van der Waals surface area contributed by atoms with Gasteiger partial charge in [-0.15, -0.1) is 0 Å². The van der Waals surface area contributed by atoms with Gasteiger partial charge in [0.05, 0.1) is 0 Å². The molecule has 0 amide bonds. The van der Waals surface area contributed by atoms with Gasteiger partial charge in [0.15, 0.2) is 0 Å². The molecule has 0 fully saturated rings. The Balaban J connectivity index is 0. The first kappa shape index (κ1) is 17.9. The minimum atomic E-state index is -4.67. The largest absolute Gasteiger partial charge is 0.394 e. The number of benzene rings is 1. The van der Waals surface area contributed by atoms with E-state index in [9.17, 15) is 0 Å². The van der Waals surface area contributed by atoms with Gasteiger partial charge in [0.25, 0.3) is 0 Å². The van der Waals surface area contributed by atoms with Crippen molar-refractivity contribution in [2.75, 3.05) is 0 Å². The molecule has 0 aromatic heterocycles. The molecular formula is C9H15NNiO4S. The van der Waals surface area contributed by atoms with Crippen LogP contribution in [0.5, 0.6) is 0 Å². The van der Waals surface area contributed by atoms with Crippen LogP contribution in [0.25, 0.3) is 0 Å². The van der Waals surface area contributed by atoms with E-state index in [1.807, 2.05) is 25.1 Å². The van der Waals surface area contributed by atoms with E-state index in [0.717, 1.165) is 6.42 Å². The van der Waals surface area contributed by atoms with E-state index in [-0.39, 0.29) is 22.5 Å². The fourth-order valence-electron chi connectivity index (χ4n) is 0.986. The smallest absolute Gasteiger partial charge is 0.328 e. The van der Waals surface area contributed by atoms with Crippen molar-refractivity contribution in [2.24, 2.45) is 5.73 Å². The van der Waals surface area contributed by atoms with Gasteiger partial charge in [0, 0.05) is 22.5 Å². The average Bonchev–Trinajstić information content (AvgIpc) is 2.01. The summed E-state index contributed by atoms with van der Waals surface area (Å²) in [5, 5.41) is 0. The zero-order valence-corrected chi connectivity index (χ0v) is 10.5. The normalized spacial score (nSPS) is 11.8. The first-order valence-electron chi connectivity index (χ1n) is 4.28. The monoisotopic (exact) mass is 291 g/mol. The van der Waals surface area contributed by atoms with Crippen molar-refractivity contribution in [2.45, 2.75) is 19.4 Å². The minimum absolute atomic E-state index is 0. The van der Waals surface area contributed by atoms with E-state index in [0.29, 0.717) is 0 Å². The molecule has 4 N–H and O–H groups in total. The SMILES string of the molecule is C[C@H](N)Cc1ccccc1.O=S(=O)(O)O.[Ni]. The van der Waals surface area contributed by atoms with Crippen molar-refractivity contribution >= 4 is 10.4 Å². The van der Waals surface area contributed by atoms with E-state index in [1.165, 1.54) is 5.56 Å². The fourth-order valence-corrected chi connectivity index (χ4v) is 0.986. The van der Waals surface area contributed by atoms with Crippen LogP contribution in [0.1, 0.15) is 12.5 Å². The van der Waals surface area contributed by atoms with Crippen LogP contribution in [-0.2, 0) is 33.3 Å². The minimum Gasteiger partial charge on any atom is -0.328 e. The summed E-state index contributed by atoms with van der Waals surface area (Å²) in [5.41, 5.74) is 6.94. The predicted octanol–water partition coefficient (Wildman–Crippen LogP) is 0.921. The number of nitrogens with two attached hydrogens (primary N) is 1. The van der Waals surface area contributed by atoms with Crippen LogP contribution >= 0.6 is 0 Å². The van der Waals surface area contributed by atoms with Crippen molar-refractivity contribution in [3.63, 3.8) is 0 Å². The van der Waals surface area contributed by atoms with Gasteiger partial charge in [0.2, 0.25) is 0 Å². The second kappa shape index (κ2) is 8.67. The topological polar surface area (TPSA) is 101 Å². The van der Waals surface area contributed by atoms with Gasteiger partial charge in [0.1, 0.15) is 0 Å². The number of rotatable bonds is 2. The Hall–Kier alpha value is -0.456. The molecule has 1 atom stereocenters. The maximum Gasteiger partial charge on any atom is 0.394 e. The Labute approximate surface area is 106 Å².